The highest BCUT2D eigenvalue weighted by molar-refractivity contribution is 6.10. The molecule has 1 aliphatic heterocycles. The van der Waals surface area contributed by atoms with Gasteiger partial charge in [0, 0.05) is 25.0 Å². The molecular weight excluding hydrogens is 528 g/mol. The summed E-state index contributed by atoms with van der Waals surface area (Å²) in [5.41, 5.74) is 6.06. The number of hydrogen-bond donors (Lipinski definition) is 2. The number of alkyl halides is 5. The van der Waals surface area contributed by atoms with Crippen molar-refractivity contribution >= 4 is 23.2 Å². The second kappa shape index (κ2) is 8.38. The molecular formula is C25H19F6N7O. The van der Waals surface area contributed by atoms with Crippen LogP contribution < -0.4 is 11.1 Å². The average molecular weight is 547 g/mol. The van der Waals surface area contributed by atoms with E-state index in [4.69, 9.17) is 5.73 Å². The first-order chi connectivity index (χ1) is 18.4. The molecule has 1 atom stereocenters. The van der Waals surface area contributed by atoms with Crippen LogP contribution in [0, 0.1) is 11.7 Å². The Kier molecular flexibility index (Phi) is 5.39. The van der Waals surface area contributed by atoms with Crippen molar-refractivity contribution in [1.29, 1.82) is 0 Å². The van der Waals surface area contributed by atoms with E-state index in [9.17, 15) is 31.1 Å². The predicted molar refractivity (Wildman–Crippen MR) is 126 cm³/mol. The van der Waals surface area contributed by atoms with Crippen LogP contribution in [0.25, 0.3) is 17.2 Å². The van der Waals surface area contributed by atoms with E-state index in [1.807, 2.05) is 0 Å². The lowest BCUT2D eigenvalue weighted by atomic mass is 9.71. The van der Waals surface area contributed by atoms with Crippen LogP contribution in [0.15, 0.2) is 42.9 Å². The van der Waals surface area contributed by atoms with E-state index in [0.717, 1.165) is 12.8 Å². The van der Waals surface area contributed by atoms with Gasteiger partial charge in [-0.25, -0.2) is 24.3 Å². The van der Waals surface area contributed by atoms with Gasteiger partial charge in [0.1, 0.15) is 28.6 Å². The van der Waals surface area contributed by atoms with Crippen LogP contribution in [-0.4, -0.2) is 42.3 Å². The minimum Gasteiger partial charge on any atom is -0.383 e. The summed E-state index contributed by atoms with van der Waals surface area (Å²) in [4.78, 5) is 30.5. The maximum Gasteiger partial charge on any atom is 0.453 e. The van der Waals surface area contributed by atoms with Crippen LogP contribution in [-0.2, 0) is 16.6 Å². The molecule has 1 fully saturated rings. The Hall–Kier alpha value is -4.23. The summed E-state index contributed by atoms with van der Waals surface area (Å²) >= 11 is 0. The Labute approximate surface area is 216 Å². The molecule has 3 N–H and O–H groups in total. The summed E-state index contributed by atoms with van der Waals surface area (Å²) in [6.45, 7) is 0. The van der Waals surface area contributed by atoms with Crippen LogP contribution >= 0.6 is 0 Å². The van der Waals surface area contributed by atoms with Crippen LogP contribution in [0.4, 0.5) is 38.0 Å². The number of halogens is 6. The first-order valence-electron chi connectivity index (χ1n) is 11.9. The third kappa shape index (κ3) is 3.88. The highest BCUT2D eigenvalue weighted by Crippen LogP contribution is 2.57. The van der Waals surface area contributed by atoms with E-state index >= 15 is 0 Å². The van der Waals surface area contributed by atoms with Crippen molar-refractivity contribution in [3.8, 4) is 11.5 Å². The quantitative estimate of drug-likeness (QED) is 0.339. The topological polar surface area (TPSA) is 111 Å². The molecule has 6 rings (SSSR count). The second-order valence-electron chi connectivity index (χ2n) is 9.63. The van der Waals surface area contributed by atoms with Crippen molar-refractivity contribution in [2.45, 2.75) is 43.2 Å². The van der Waals surface area contributed by atoms with E-state index in [-0.39, 0.29) is 40.4 Å². The van der Waals surface area contributed by atoms with Crippen LogP contribution in [0.1, 0.15) is 36.1 Å². The number of fused-ring (bicyclic) bond motifs is 2. The lowest BCUT2D eigenvalue weighted by molar-refractivity contribution is -0.284. The number of benzene rings is 1. The fourth-order valence-electron chi connectivity index (χ4n) is 5.21. The van der Waals surface area contributed by atoms with Crippen molar-refractivity contribution < 1.29 is 31.1 Å². The van der Waals surface area contributed by atoms with E-state index in [0.29, 0.717) is 11.1 Å². The van der Waals surface area contributed by atoms with E-state index in [1.54, 1.807) is 0 Å². The van der Waals surface area contributed by atoms with Crippen molar-refractivity contribution in [2.24, 2.45) is 5.92 Å². The highest BCUT2D eigenvalue weighted by Gasteiger charge is 2.59. The van der Waals surface area contributed by atoms with E-state index in [1.165, 1.54) is 47.3 Å². The van der Waals surface area contributed by atoms with Crippen molar-refractivity contribution in [3.05, 3.63) is 65.5 Å². The fraction of sp³-hybridized carbons (Fsp3) is 0.320. The number of nitrogens with one attached hydrogen (secondary N) is 1. The zero-order chi connectivity index (χ0) is 27.7. The summed E-state index contributed by atoms with van der Waals surface area (Å²) < 4.78 is 80.5. The third-order valence-corrected chi connectivity index (χ3v) is 7.17. The third-order valence-electron chi connectivity index (χ3n) is 7.17. The van der Waals surface area contributed by atoms with Gasteiger partial charge in [-0.1, -0.05) is 12.1 Å². The van der Waals surface area contributed by atoms with Crippen LogP contribution in [0.2, 0.25) is 0 Å². The van der Waals surface area contributed by atoms with E-state index < -0.39 is 42.1 Å². The summed E-state index contributed by atoms with van der Waals surface area (Å²) in [6.07, 6.45) is -2.25. The van der Waals surface area contributed by atoms with Crippen molar-refractivity contribution in [2.75, 3.05) is 11.1 Å². The molecule has 14 heteroatoms. The second-order valence-corrected chi connectivity index (χ2v) is 9.63. The zero-order valence-corrected chi connectivity index (χ0v) is 19.9. The summed E-state index contributed by atoms with van der Waals surface area (Å²) in [5.74, 6) is -5.87. The Morgan fingerprint density at radius 1 is 1.08 bits per heavy atom. The molecule has 1 aromatic carbocycles. The molecule has 202 valence electrons. The fourth-order valence-corrected chi connectivity index (χ4v) is 5.21. The molecule has 0 spiro atoms. The van der Waals surface area contributed by atoms with Gasteiger partial charge in [-0.3, -0.25) is 4.79 Å². The van der Waals surface area contributed by atoms with Gasteiger partial charge in [-0.05, 0) is 42.9 Å². The smallest absolute Gasteiger partial charge is 0.383 e. The SMILES string of the molecule is Nc1nc(-c2cn3ccnc3c(CCC(F)(F)C(F)(F)F)n2)nc2c1C(c1ccc(F)cc1)(C1CC1)C(=O)N2. The Morgan fingerprint density at radius 2 is 1.79 bits per heavy atom. The number of nitrogen functional groups attached to an aromatic ring is 1. The molecule has 1 amide bonds. The number of aryl methyl sites for hydroxylation is 1. The number of carbonyl (C=O) groups excluding carboxylic acids is 1. The number of carbonyl (C=O) groups is 1. The normalized spacial score (nSPS) is 19.4. The van der Waals surface area contributed by atoms with Gasteiger partial charge in [0.05, 0.1) is 11.3 Å². The molecule has 0 bridgehead atoms. The predicted octanol–water partition coefficient (Wildman–Crippen LogP) is 4.69. The average Bonchev–Trinajstić information content (AvgIpc) is 3.52. The lowest BCUT2D eigenvalue weighted by Crippen LogP contribution is -2.38. The zero-order valence-electron chi connectivity index (χ0n) is 19.9. The van der Waals surface area contributed by atoms with Gasteiger partial charge in [-0.2, -0.15) is 22.0 Å². The standard InChI is InChI=1S/C25H19F6N7O/c26-14-5-3-13(4-6-14)24(12-1-2-12)17-18(32)35-19(36-20(17)37-22(24)39)16-11-38-10-9-33-21(38)15(34-16)7-8-23(27,28)25(29,30)31/h3-6,9-12H,1-2,7-8H2,(H3,32,35,36,37,39). The number of rotatable bonds is 6. The molecule has 3 aromatic heterocycles. The lowest BCUT2D eigenvalue weighted by Gasteiger charge is -2.28. The molecule has 39 heavy (non-hydrogen) atoms. The van der Waals surface area contributed by atoms with E-state index in [2.05, 4.69) is 25.3 Å². The molecule has 1 aliphatic carbocycles. The van der Waals surface area contributed by atoms with Gasteiger partial charge in [-0.15, -0.1) is 0 Å². The van der Waals surface area contributed by atoms with Gasteiger partial charge in [0.25, 0.3) is 0 Å². The first-order valence-corrected chi connectivity index (χ1v) is 11.9. The Morgan fingerprint density at radius 3 is 2.46 bits per heavy atom. The maximum atomic E-state index is 13.7. The van der Waals surface area contributed by atoms with Gasteiger partial charge >= 0.3 is 12.1 Å². The number of aromatic nitrogens is 5. The first kappa shape index (κ1) is 25.1. The molecule has 4 heterocycles. The number of anilines is 2. The molecule has 0 radical (unpaired) electrons. The summed E-state index contributed by atoms with van der Waals surface area (Å²) in [7, 11) is 0. The van der Waals surface area contributed by atoms with Crippen molar-refractivity contribution in [1.82, 2.24) is 24.3 Å². The van der Waals surface area contributed by atoms with Crippen LogP contribution in [0.3, 0.4) is 0 Å². The number of nitrogens with two attached hydrogens (primary N) is 1. The number of imidazole rings is 1. The Bertz CT molecular complexity index is 1610. The summed E-state index contributed by atoms with van der Waals surface area (Å²) in [6, 6.07) is 5.55. The van der Waals surface area contributed by atoms with Gasteiger partial charge in [0.15, 0.2) is 11.5 Å². The van der Waals surface area contributed by atoms with Gasteiger partial charge in [0.2, 0.25) is 5.91 Å². The molecule has 4 aromatic rings. The molecule has 1 saturated carbocycles. The van der Waals surface area contributed by atoms with Crippen LogP contribution in [0.5, 0.6) is 0 Å². The molecule has 2 aliphatic rings. The minimum absolute atomic E-state index is 0.0280. The minimum atomic E-state index is -5.70. The Balaban J connectivity index is 1.43. The van der Waals surface area contributed by atoms with Crippen molar-refractivity contribution in [3.63, 3.8) is 0 Å². The maximum absolute atomic E-state index is 13.7. The molecule has 1 unspecified atom stereocenters. The number of nitrogens with zero attached hydrogens (tertiary/aromatic N) is 5. The highest BCUT2D eigenvalue weighted by atomic mass is 19.4. The monoisotopic (exact) mass is 547 g/mol. The molecule has 0 saturated heterocycles. The molecule has 8 nitrogen and oxygen atoms in total. The number of amides is 1. The summed E-state index contributed by atoms with van der Waals surface area (Å²) in [5, 5.41) is 2.75. The largest absolute Gasteiger partial charge is 0.453 e. The number of hydrogen-bond acceptors (Lipinski definition) is 6. The van der Waals surface area contributed by atoms with Gasteiger partial charge < -0.3 is 15.5 Å².